The van der Waals surface area contributed by atoms with Crippen LogP contribution in [0, 0.1) is 11.7 Å². The van der Waals surface area contributed by atoms with E-state index >= 15 is 0 Å². The predicted octanol–water partition coefficient (Wildman–Crippen LogP) is 1.47. The van der Waals surface area contributed by atoms with Gasteiger partial charge in [-0.05, 0) is 43.2 Å². The Balaban J connectivity index is 1.79. The molecule has 166 valence electrons. The normalized spacial score (nSPS) is 20.4. The summed E-state index contributed by atoms with van der Waals surface area (Å²) in [5, 5.41) is 6.35. The molecule has 0 bridgehead atoms. The molecule has 2 amide bonds. The van der Waals surface area contributed by atoms with Crippen LogP contribution in [0.5, 0.6) is 0 Å². The molecule has 1 atom stereocenters. The van der Waals surface area contributed by atoms with Gasteiger partial charge in [0.15, 0.2) is 0 Å². The highest BCUT2D eigenvalue weighted by Gasteiger charge is 2.51. The van der Waals surface area contributed by atoms with E-state index in [9.17, 15) is 14.0 Å². The number of hydrogen-bond acceptors (Lipinski definition) is 3. The molecule has 1 fully saturated rings. The van der Waals surface area contributed by atoms with Crippen LogP contribution in [0.1, 0.15) is 42.6 Å². The van der Waals surface area contributed by atoms with Crippen LogP contribution in [-0.2, 0) is 10.5 Å². The van der Waals surface area contributed by atoms with Gasteiger partial charge in [0.1, 0.15) is 23.0 Å². The summed E-state index contributed by atoms with van der Waals surface area (Å²) < 4.78 is 15.2. The van der Waals surface area contributed by atoms with Crippen LogP contribution in [0.2, 0.25) is 0 Å². The minimum Gasteiger partial charge on any atom is -0.333 e. The van der Waals surface area contributed by atoms with E-state index in [1.807, 2.05) is 31.4 Å². The summed E-state index contributed by atoms with van der Waals surface area (Å²) in [5.41, 5.74) is 1.74. The van der Waals surface area contributed by atoms with Gasteiger partial charge in [-0.3, -0.25) is 19.6 Å². The van der Waals surface area contributed by atoms with E-state index in [1.165, 1.54) is 18.2 Å². The summed E-state index contributed by atoms with van der Waals surface area (Å²) in [7, 11) is 0. The number of amides is 2. The number of benzene rings is 1. The second kappa shape index (κ2) is 7.85. The Morgan fingerprint density at radius 1 is 1.28 bits per heavy atom. The third-order valence-electron chi connectivity index (χ3n) is 6.23. The molecule has 1 unspecified atom stereocenters. The molecule has 2 aliphatic heterocycles. The number of nitrogens with zero attached hydrogens (tertiary/aromatic N) is 4. The van der Waals surface area contributed by atoms with E-state index in [2.05, 4.69) is 11.6 Å². The molecule has 4 rings (SSSR count). The molecular formula is C24H27FN5O2+. The summed E-state index contributed by atoms with van der Waals surface area (Å²) in [6.45, 7) is 10.8. The highest BCUT2D eigenvalue weighted by Crippen LogP contribution is 2.39. The number of allylic oxidation sites excluding steroid dienone is 2. The van der Waals surface area contributed by atoms with Crippen molar-refractivity contribution in [2.24, 2.45) is 5.92 Å². The van der Waals surface area contributed by atoms with Gasteiger partial charge in [-0.2, -0.15) is 0 Å². The zero-order chi connectivity index (χ0) is 23.2. The average molecular weight is 437 g/mol. The van der Waals surface area contributed by atoms with E-state index in [0.29, 0.717) is 42.4 Å². The van der Waals surface area contributed by atoms with E-state index in [-0.39, 0.29) is 23.5 Å². The van der Waals surface area contributed by atoms with Crippen LogP contribution in [0.25, 0.3) is 5.57 Å². The van der Waals surface area contributed by atoms with E-state index in [1.54, 1.807) is 28.1 Å². The average Bonchev–Trinajstić information content (AvgIpc) is 3.30. The highest BCUT2D eigenvalue weighted by atomic mass is 19.1. The van der Waals surface area contributed by atoms with Gasteiger partial charge in [0.25, 0.3) is 5.91 Å². The Hall–Kier alpha value is -3.55. The number of nitrogens with two attached hydrogens (primary N) is 1. The summed E-state index contributed by atoms with van der Waals surface area (Å²) in [5.74, 6) is 0.0784. The van der Waals surface area contributed by atoms with Gasteiger partial charge in [0.2, 0.25) is 11.6 Å². The molecule has 7 nitrogen and oxygen atoms in total. The number of aromatic nitrogens is 2. The lowest BCUT2D eigenvalue weighted by Crippen LogP contribution is -2.60. The summed E-state index contributed by atoms with van der Waals surface area (Å²) >= 11 is 0. The minimum atomic E-state index is -0.770. The van der Waals surface area contributed by atoms with Crippen molar-refractivity contribution < 1.29 is 19.4 Å². The maximum atomic E-state index is 13.3. The van der Waals surface area contributed by atoms with Crippen LogP contribution >= 0.6 is 0 Å². The Kier molecular flexibility index (Phi) is 5.32. The maximum Gasteiger partial charge on any atom is 0.274 e. The molecule has 1 saturated heterocycles. The quantitative estimate of drug-likeness (QED) is 0.569. The van der Waals surface area contributed by atoms with Crippen molar-refractivity contribution in [1.29, 1.82) is 0 Å². The maximum absolute atomic E-state index is 13.3. The van der Waals surface area contributed by atoms with Crippen molar-refractivity contribution in [2.75, 3.05) is 19.6 Å². The number of hydrogen-bond donors (Lipinski definition) is 1. The number of halogens is 1. The van der Waals surface area contributed by atoms with Crippen LogP contribution in [0.3, 0.4) is 0 Å². The van der Waals surface area contributed by atoms with E-state index in [0.717, 1.165) is 5.57 Å². The SMILES string of the molecule is C=CC(=O)N1CCN2C(=O)c3cnc(C(=CC(=[NH2+])c4ccc(F)cc4)C(C)C)n3C2(C)C1. The number of piperazine rings is 1. The molecule has 1 aromatic carbocycles. The first-order chi connectivity index (χ1) is 15.2. The first-order valence-electron chi connectivity index (χ1n) is 10.6. The second-order valence-corrected chi connectivity index (χ2v) is 8.66. The third kappa shape index (κ3) is 3.36. The molecular weight excluding hydrogens is 409 g/mol. The number of carbonyl (C=O) groups is 2. The van der Waals surface area contributed by atoms with E-state index < -0.39 is 5.66 Å². The summed E-state index contributed by atoms with van der Waals surface area (Å²) in [6.07, 6.45) is 4.72. The first kappa shape index (κ1) is 21.7. The van der Waals surface area contributed by atoms with Crippen molar-refractivity contribution in [3.63, 3.8) is 0 Å². The monoisotopic (exact) mass is 436 g/mol. The lowest BCUT2D eigenvalue weighted by Gasteiger charge is -2.45. The molecule has 0 spiro atoms. The fraction of sp³-hybridized carbons (Fsp3) is 0.333. The van der Waals surface area contributed by atoms with E-state index in [4.69, 9.17) is 5.41 Å². The zero-order valence-corrected chi connectivity index (χ0v) is 18.5. The van der Waals surface area contributed by atoms with Crippen LogP contribution in [0.4, 0.5) is 4.39 Å². The van der Waals surface area contributed by atoms with Gasteiger partial charge in [0, 0.05) is 30.3 Å². The standard InChI is InChI=1S/C24H26FN5O2/c1-5-21(31)28-10-11-29-23(32)20-13-27-22(30(20)24(29,4)14-28)18(15(2)3)12-19(26)16-6-8-17(25)9-7-16/h5-9,12-13,15,26H,1,10-11,14H2,2-4H3/p+1. The van der Waals surface area contributed by atoms with Crippen molar-refractivity contribution >= 4 is 23.1 Å². The molecule has 1 aromatic heterocycles. The van der Waals surface area contributed by atoms with Crippen molar-refractivity contribution in [3.05, 3.63) is 72.1 Å². The predicted molar refractivity (Wildman–Crippen MR) is 119 cm³/mol. The Morgan fingerprint density at radius 2 is 1.97 bits per heavy atom. The Morgan fingerprint density at radius 3 is 2.59 bits per heavy atom. The summed E-state index contributed by atoms with van der Waals surface area (Å²) in [4.78, 5) is 33.5. The molecule has 3 heterocycles. The molecule has 0 radical (unpaired) electrons. The van der Waals surface area contributed by atoms with Gasteiger partial charge in [-0.25, -0.2) is 9.37 Å². The van der Waals surface area contributed by atoms with Crippen molar-refractivity contribution in [3.8, 4) is 0 Å². The van der Waals surface area contributed by atoms with Crippen LogP contribution in [-0.4, -0.2) is 56.5 Å². The molecule has 8 heteroatoms. The number of carbonyl (C=O) groups excluding carboxylic acids is 2. The first-order valence-corrected chi connectivity index (χ1v) is 10.6. The molecule has 0 aliphatic carbocycles. The number of fused-ring (bicyclic) bond motifs is 3. The van der Waals surface area contributed by atoms with Gasteiger partial charge < -0.3 is 9.80 Å². The smallest absolute Gasteiger partial charge is 0.274 e. The van der Waals surface area contributed by atoms with Gasteiger partial charge >= 0.3 is 0 Å². The molecule has 2 aliphatic rings. The largest absolute Gasteiger partial charge is 0.333 e. The molecule has 0 saturated carbocycles. The Bertz CT molecular complexity index is 1150. The lowest BCUT2D eigenvalue weighted by molar-refractivity contribution is -0.132. The Labute approximate surface area is 186 Å². The molecule has 32 heavy (non-hydrogen) atoms. The van der Waals surface area contributed by atoms with Crippen LogP contribution < -0.4 is 5.41 Å². The second-order valence-electron chi connectivity index (χ2n) is 8.66. The van der Waals surface area contributed by atoms with Crippen LogP contribution in [0.15, 0.2) is 49.2 Å². The van der Waals surface area contributed by atoms with Gasteiger partial charge in [-0.1, -0.05) is 20.4 Å². The molecule has 2 aromatic rings. The fourth-order valence-electron chi connectivity index (χ4n) is 4.53. The van der Waals surface area contributed by atoms with Crippen molar-refractivity contribution in [1.82, 2.24) is 19.4 Å². The number of imidazole rings is 1. The van der Waals surface area contributed by atoms with Crippen molar-refractivity contribution in [2.45, 2.75) is 26.4 Å². The lowest BCUT2D eigenvalue weighted by atomic mass is 9.97. The summed E-state index contributed by atoms with van der Waals surface area (Å²) in [6, 6.07) is 5.98. The fourth-order valence-corrected chi connectivity index (χ4v) is 4.53. The van der Waals surface area contributed by atoms with Gasteiger partial charge in [-0.15, -0.1) is 0 Å². The topological polar surface area (TPSA) is 84.0 Å². The third-order valence-corrected chi connectivity index (χ3v) is 6.23. The van der Waals surface area contributed by atoms with Gasteiger partial charge in [0.05, 0.1) is 12.7 Å². The molecule has 2 N–H and O–H groups in total. The number of rotatable bonds is 5. The zero-order valence-electron chi connectivity index (χ0n) is 18.5. The minimum absolute atomic E-state index is 0.0442. The highest BCUT2D eigenvalue weighted by molar-refractivity contribution is 6.08.